The van der Waals surface area contributed by atoms with Crippen molar-refractivity contribution in [2.45, 2.75) is 11.8 Å². The molecule has 0 aliphatic rings. The first-order chi connectivity index (χ1) is 9.36. The van der Waals surface area contributed by atoms with E-state index in [4.69, 9.17) is 11.6 Å². The minimum Gasteiger partial charge on any atom is -0.258 e. The average molecular weight is 335 g/mol. The second-order valence-corrected chi connectivity index (χ2v) is 7.61. The van der Waals surface area contributed by atoms with Gasteiger partial charge in [0.2, 0.25) is 0 Å². The normalized spacial score (nSPS) is 13.5. The Morgan fingerprint density at radius 3 is 2.80 bits per heavy atom. The first-order valence-corrected chi connectivity index (χ1v) is 8.72. The van der Waals surface area contributed by atoms with Crippen LogP contribution in [0.4, 0.5) is 5.69 Å². The summed E-state index contributed by atoms with van der Waals surface area (Å²) in [6, 6.07) is 2.81. The summed E-state index contributed by atoms with van der Waals surface area (Å²) in [5.41, 5.74) is 1.11. The molecule has 20 heavy (non-hydrogen) atoms. The molecule has 0 saturated heterocycles. The lowest BCUT2D eigenvalue weighted by Gasteiger charge is -2.09. The van der Waals surface area contributed by atoms with E-state index in [1.807, 2.05) is 0 Å². The zero-order chi connectivity index (χ0) is 14.9. The molecule has 1 aromatic carbocycles. The molecule has 1 atom stereocenters. The first-order valence-electron chi connectivity index (χ1n) is 5.66. The molecule has 0 aliphatic heterocycles. The van der Waals surface area contributed by atoms with Crippen molar-refractivity contribution in [2.24, 2.45) is 5.92 Å². The molecule has 0 aliphatic carbocycles. The second kappa shape index (κ2) is 5.63. The Hall–Kier alpha value is -1.25. The van der Waals surface area contributed by atoms with Gasteiger partial charge in [0, 0.05) is 5.88 Å². The van der Waals surface area contributed by atoms with Crippen molar-refractivity contribution in [1.82, 2.24) is 4.98 Å². The number of halogens is 1. The van der Waals surface area contributed by atoms with Gasteiger partial charge < -0.3 is 0 Å². The van der Waals surface area contributed by atoms with Crippen molar-refractivity contribution in [3.8, 4) is 0 Å². The molecule has 6 nitrogen and oxygen atoms in total. The summed E-state index contributed by atoms with van der Waals surface area (Å²) in [6.45, 7) is 1.68. The zero-order valence-corrected chi connectivity index (χ0v) is 12.8. The minimum absolute atomic E-state index is 0.111. The van der Waals surface area contributed by atoms with Gasteiger partial charge in [0.1, 0.15) is 4.90 Å². The highest BCUT2D eigenvalue weighted by Gasteiger charge is 2.30. The van der Waals surface area contributed by atoms with Crippen LogP contribution in [0.1, 0.15) is 6.92 Å². The molecule has 2 rings (SSSR count). The molecule has 0 bridgehead atoms. The number of nitrogens with zero attached hydrogens (tertiary/aromatic N) is 2. The maximum atomic E-state index is 12.3. The molecule has 0 spiro atoms. The Morgan fingerprint density at radius 2 is 2.20 bits per heavy atom. The van der Waals surface area contributed by atoms with Gasteiger partial charge in [-0.3, -0.25) is 10.1 Å². The number of benzene rings is 1. The molecular weight excluding hydrogens is 324 g/mol. The fourth-order valence-electron chi connectivity index (χ4n) is 1.83. The molecule has 0 N–H and O–H groups in total. The predicted octanol–water partition coefficient (Wildman–Crippen LogP) is 2.85. The molecule has 1 unspecified atom stereocenters. The quantitative estimate of drug-likeness (QED) is 0.476. The molecule has 108 valence electrons. The molecule has 0 amide bonds. The van der Waals surface area contributed by atoms with Gasteiger partial charge in [0.15, 0.2) is 15.4 Å². The van der Waals surface area contributed by atoms with Gasteiger partial charge in [-0.1, -0.05) is 6.92 Å². The molecule has 1 aromatic heterocycles. The Kier molecular flexibility index (Phi) is 4.26. The van der Waals surface area contributed by atoms with Crippen LogP contribution in [0.15, 0.2) is 22.5 Å². The monoisotopic (exact) mass is 334 g/mol. The van der Waals surface area contributed by atoms with Crippen molar-refractivity contribution in [2.75, 3.05) is 11.6 Å². The SMILES string of the molecule is CC(CCl)CS(=O)(=O)c1ccc2scnc2c1[N+](=O)[O-]. The van der Waals surface area contributed by atoms with Crippen molar-refractivity contribution in [1.29, 1.82) is 0 Å². The van der Waals surface area contributed by atoms with Gasteiger partial charge >= 0.3 is 5.69 Å². The average Bonchev–Trinajstić information content (AvgIpc) is 2.84. The number of fused-ring (bicyclic) bond motifs is 1. The lowest BCUT2D eigenvalue weighted by atomic mass is 10.3. The van der Waals surface area contributed by atoms with E-state index < -0.39 is 20.4 Å². The fourth-order valence-corrected chi connectivity index (χ4v) is 4.54. The summed E-state index contributed by atoms with van der Waals surface area (Å²) in [5, 5.41) is 11.2. The molecule has 0 fully saturated rings. The van der Waals surface area contributed by atoms with Crippen molar-refractivity contribution in [3.63, 3.8) is 0 Å². The Balaban J connectivity index is 2.65. The van der Waals surface area contributed by atoms with Crippen molar-refractivity contribution < 1.29 is 13.3 Å². The third-order valence-electron chi connectivity index (χ3n) is 2.72. The number of sulfone groups is 1. The van der Waals surface area contributed by atoms with E-state index >= 15 is 0 Å². The molecule has 0 radical (unpaired) electrons. The van der Waals surface area contributed by atoms with E-state index in [0.29, 0.717) is 4.70 Å². The largest absolute Gasteiger partial charge is 0.314 e. The summed E-state index contributed by atoms with van der Waals surface area (Å²) >= 11 is 6.84. The van der Waals surface area contributed by atoms with Gasteiger partial charge in [-0.05, 0) is 18.1 Å². The summed E-state index contributed by atoms with van der Waals surface area (Å²) in [7, 11) is -3.78. The predicted molar refractivity (Wildman–Crippen MR) is 78.2 cm³/mol. The highest BCUT2D eigenvalue weighted by Crippen LogP contribution is 2.34. The summed E-state index contributed by atoms with van der Waals surface area (Å²) in [4.78, 5) is 14.1. The smallest absolute Gasteiger partial charge is 0.258 e. The van der Waals surface area contributed by atoms with Crippen LogP contribution in [0.5, 0.6) is 0 Å². The summed E-state index contributed by atoms with van der Waals surface area (Å²) in [6.07, 6.45) is 0. The molecule has 0 saturated carbocycles. The standard InChI is InChI=1S/C11H11ClN2O4S2/c1-7(4-12)5-20(17,18)9-3-2-8-10(13-6-19-8)11(9)14(15)16/h2-3,6-7H,4-5H2,1H3. The van der Waals surface area contributed by atoms with E-state index in [1.165, 1.54) is 29.0 Å². The Labute approximate surface area is 124 Å². The Morgan fingerprint density at radius 1 is 1.50 bits per heavy atom. The van der Waals surface area contributed by atoms with Gasteiger partial charge in [-0.15, -0.1) is 22.9 Å². The van der Waals surface area contributed by atoms with Crippen LogP contribution in [0.3, 0.4) is 0 Å². The number of nitro benzene ring substituents is 1. The van der Waals surface area contributed by atoms with Gasteiger partial charge in [0.05, 0.1) is 20.9 Å². The van der Waals surface area contributed by atoms with Crippen LogP contribution in [0.25, 0.3) is 10.2 Å². The minimum atomic E-state index is -3.78. The summed E-state index contributed by atoms with van der Waals surface area (Å²) in [5.74, 6) is -0.341. The third kappa shape index (κ3) is 2.77. The van der Waals surface area contributed by atoms with E-state index in [1.54, 1.807) is 6.92 Å². The van der Waals surface area contributed by atoms with E-state index in [2.05, 4.69) is 4.98 Å². The first kappa shape index (κ1) is 15.1. The van der Waals surface area contributed by atoms with E-state index in [9.17, 15) is 18.5 Å². The lowest BCUT2D eigenvalue weighted by molar-refractivity contribution is -0.386. The summed E-state index contributed by atoms with van der Waals surface area (Å²) < 4.78 is 25.2. The molecular formula is C11H11ClN2O4S2. The van der Waals surface area contributed by atoms with Gasteiger partial charge in [-0.25, -0.2) is 13.4 Å². The van der Waals surface area contributed by atoms with Crippen LogP contribution < -0.4 is 0 Å². The molecule has 9 heteroatoms. The van der Waals surface area contributed by atoms with Crippen LogP contribution in [0, 0.1) is 16.0 Å². The van der Waals surface area contributed by atoms with Crippen molar-refractivity contribution >= 4 is 48.7 Å². The molecule has 2 aromatic rings. The highest BCUT2D eigenvalue weighted by molar-refractivity contribution is 7.91. The number of hydrogen-bond donors (Lipinski definition) is 0. The number of aromatic nitrogens is 1. The van der Waals surface area contributed by atoms with Crippen LogP contribution in [0.2, 0.25) is 0 Å². The van der Waals surface area contributed by atoms with E-state index in [0.717, 1.165) is 0 Å². The van der Waals surface area contributed by atoms with E-state index in [-0.39, 0.29) is 28.0 Å². The zero-order valence-electron chi connectivity index (χ0n) is 10.4. The maximum absolute atomic E-state index is 12.3. The van der Waals surface area contributed by atoms with Gasteiger partial charge in [0.25, 0.3) is 0 Å². The maximum Gasteiger partial charge on any atom is 0.314 e. The van der Waals surface area contributed by atoms with Crippen LogP contribution in [-0.2, 0) is 9.84 Å². The van der Waals surface area contributed by atoms with Gasteiger partial charge in [-0.2, -0.15) is 0 Å². The van der Waals surface area contributed by atoms with Crippen molar-refractivity contribution in [3.05, 3.63) is 27.8 Å². The highest BCUT2D eigenvalue weighted by atomic mass is 35.5. The lowest BCUT2D eigenvalue weighted by Crippen LogP contribution is -2.16. The Bertz CT molecular complexity index is 757. The fraction of sp³-hybridized carbons (Fsp3) is 0.364. The van der Waals surface area contributed by atoms with Crippen LogP contribution in [-0.4, -0.2) is 30.0 Å². The second-order valence-electron chi connectivity index (χ2n) is 4.41. The number of hydrogen-bond acceptors (Lipinski definition) is 6. The topological polar surface area (TPSA) is 90.2 Å². The number of rotatable bonds is 5. The number of alkyl halides is 1. The van der Waals surface area contributed by atoms with Crippen LogP contribution >= 0.6 is 22.9 Å². The number of nitro groups is 1. The number of thiazole rings is 1. The third-order valence-corrected chi connectivity index (χ3v) is 6.05. The molecule has 1 heterocycles.